The van der Waals surface area contributed by atoms with E-state index in [0.717, 1.165) is 70.0 Å². The number of hydrogen-bond donors (Lipinski definition) is 4. The van der Waals surface area contributed by atoms with Gasteiger partial charge in [0, 0.05) is 20.1 Å². The average Bonchev–Trinajstić information content (AvgIpc) is 3.77. The number of carboxylic acid groups (broad SMARTS) is 1. The van der Waals surface area contributed by atoms with E-state index in [9.17, 15) is 24.6 Å². The fraction of sp³-hybridized carbons (Fsp3) is 0.325. The molecule has 0 radical (unpaired) electrons. The number of benzene rings is 3. The number of carbonyl (C=O) groups excluding carboxylic acids is 2. The lowest BCUT2D eigenvalue weighted by Gasteiger charge is -2.32. The minimum atomic E-state index is -1.18. The van der Waals surface area contributed by atoms with Crippen LogP contribution in [0.25, 0.3) is 33.6 Å². The summed E-state index contributed by atoms with van der Waals surface area (Å²) in [5.74, 6) is 0.991. The summed E-state index contributed by atoms with van der Waals surface area (Å²) in [5, 5.41) is 20.1. The summed E-state index contributed by atoms with van der Waals surface area (Å²) < 4.78 is 0. The first-order chi connectivity index (χ1) is 25.2. The molecule has 3 aliphatic rings. The number of likely N-dealkylation sites (N-methyl/N-ethyl adjacent to an activating group) is 1. The number of H-pyrrole nitrogens is 2. The summed E-state index contributed by atoms with van der Waals surface area (Å²) in [6, 6.07) is 24.1. The number of amides is 3. The van der Waals surface area contributed by atoms with E-state index >= 15 is 0 Å². The number of aliphatic hydroxyl groups is 1. The summed E-state index contributed by atoms with van der Waals surface area (Å²) in [4.78, 5) is 59.4. The smallest absolute Gasteiger partial charge is 0.407 e. The number of hydrogen-bond acceptors (Lipinski definition) is 6. The largest absolute Gasteiger partial charge is 0.465 e. The highest BCUT2D eigenvalue weighted by atomic mass is 16.4. The second-order valence-electron chi connectivity index (χ2n) is 14.1. The Kier molecular flexibility index (Phi) is 8.62. The molecule has 266 valence electrons. The molecule has 0 spiro atoms. The molecular weight excluding hydrogens is 658 g/mol. The fourth-order valence-electron chi connectivity index (χ4n) is 7.63. The SMILES string of the molecule is CN(C(=O)O)[C@@H](C(=O)N1CCC[C@H]1c1ncc(-c2ccc(-c3ccc(-c4cnc([C@@H]5CCCN5C(=O)C5(O)CC5)[nH]4)cc3)cc2)[nH]1)c1ccccc1. The zero-order valence-electron chi connectivity index (χ0n) is 28.9. The quantitative estimate of drug-likeness (QED) is 0.140. The Morgan fingerprint density at radius 3 is 1.73 bits per heavy atom. The molecule has 3 fully saturated rings. The van der Waals surface area contributed by atoms with Crippen LogP contribution in [0, 0.1) is 0 Å². The lowest BCUT2D eigenvalue weighted by molar-refractivity contribution is -0.143. The summed E-state index contributed by atoms with van der Waals surface area (Å²) in [6.07, 6.45) is 6.74. The maximum Gasteiger partial charge on any atom is 0.407 e. The molecule has 2 aliphatic heterocycles. The zero-order chi connectivity index (χ0) is 36.0. The molecule has 4 N–H and O–H groups in total. The van der Waals surface area contributed by atoms with Crippen molar-refractivity contribution in [2.75, 3.05) is 20.1 Å². The van der Waals surface area contributed by atoms with Gasteiger partial charge in [-0.1, -0.05) is 78.9 Å². The second-order valence-corrected chi connectivity index (χ2v) is 14.1. The molecule has 4 heterocycles. The molecule has 3 aromatic carbocycles. The van der Waals surface area contributed by atoms with Crippen LogP contribution in [0.3, 0.4) is 0 Å². The van der Waals surface area contributed by atoms with E-state index in [2.05, 4.69) is 56.3 Å². The van der Waals surface area contributed by atoms with Crippen LogP contribution >= 0.6 is 0 Å². The molecule has 3 amide bonds. The van der Waals surface area contributed by atoms with Gasteiger partial charge in [0.25, 0.3) is 11.8 Å². The van der Waals surface area contributed by atoms with Gasteiger partial charge in [-0.15, -0.1) is 0 Å². The molecule has 0 unspecified atom stereocenters. The minimum Gasteiger partial charge on any atom is -0.465 e. The van der Waals surface area contributed by atoms with E-state index in [1.165, 1.54) is 7.05 Å². The Hall–Kier alpha value is -5.75. The average molecular weight is 700 g/mol. The molecule has 52 heavy (non-hydrogen) atoms. The van der Waals surface area contributed by atoms with Crippen molar-refractivity contribution in [3.8, 4) is 33.6 Å². The molecule has 5 aromatic rings. The summed E-state index contributed by atoms with van der Waals surface area (Å²) >= 11 is 0. The van der Waals surface area contributed by atoms with Crippen molar-refractivity contribution < 1.29 is 24.6 Å². The predicted molar refractivity (Wildman–Crippen MR) is 194 cm³/mol. The Morgan fingerprint density at radius 1 is 0.750 bits per heavy atom. The van der Waals surface area contributed by atoms with Gasteiger partial charge in [0.15, 0.2) is 0 Å². The molecule has 12 heteroatoms. The van der Waals surface area contributed by atoms with E-state index < -0.39 is 17.7 Å². The number of carbonyl (C=O) groups is 3. The number of aromatic amines is 2. The third-order valence-corrected chi connectivity index (χ3v) is 10.8. The highest BCUT2D eigenvalue weighted by molar-refractivity contribution is 5.88. The van der Waals surface area contributed by atoms with Crippen LogP contribution in [0.1, 0.15) is 73.9 Å². The van der Waals surface area contributed by atoms with E-state index in [-0.39, 0.29) is 23.9 Å². The highest BCUT2D eigenvalue weighted by Crippen LogP contribution is 2.42. The van der Waals surface area contributed by atoms with Crippen LogP contribution in [0.15, 0.2) is 91.3 Å². The number of rotatable bonds is 9. The third-order valence-electron chi connectivity index (χ3n) is 10.8. The fourth-order valence-corrected chi connectivity index (χ4v) is 7.63. The summed E-state index contributed by atoms with van der Waals surface area (Å²) in [6.45, 7) is 1.16. The van der Waals surface area contributed by atoms with Crippen molar-refractivity contribution >= 4 is 17.9 Å². The van der Waals surface area contributed by atoms with Gasteiger partial charge in [-0.2, -0.15) is 0 Å². The molecule has 2 saturated heterocycles. The molecule has 8 rings (SSSR count). The number of nitrogens with zero attached hydrogens (tertiary/aromatic N) is 5. The van der Waals surface area contributed by atoms with Crippen molar-refractivity contribution in [2.24, 2.45) is 0 Å². The zero-order valence-corrected chi connectivity index (χ0v) is 28.9. The van der Waals surface area contributed by atoms with Crippen molar-refractivity contribution in [1.29, 1.82) is 0 Å². The first-order valence-electron chi connectivity index (χ1n) is 17.9. The van der Waals surface area contributed by atoms with Gasteiger partial charge in [0.05, 0.1) is 35.9 Å². The molecule has 12 nitrogen and oxygen atoms in total. The Labute approximate surface area is 301 Å². The lowest BCUT2D eigenvalue weighted by Crippen LogP contribution is -2.43. The topological polar surface area (TPSA) is 159 Å². The Balaban J connectivity index is 0.943. The van der Waals surface area contributed by atoms with Crippen LogP contribution in [0.2, 0.25) is 0 Å². The number of imidazole rings is 2. The van der Waals surface area contributed by atoms with Crippen molar-refractivity contribution in [2.45, 2.75) is 62.3 Å². The molecule has 2 aromatic heterocycles. The van der Waals surface area contributed by atoms with Crippen LogP contribution in [-0.2, 0) is 9.59 Å². The normalized spacial score (nSPS) is 19.8. The predicted octanol–water partition coefficient (Wildman–Crippen LogP) is 6.34. The van der Waals surface area contributed by atoms with Gasteiger partial charge in [0.2, 0.25) is 0 Å². The molecule has 1 aliphatic carbocycles. The number of likely N-dealkylation sites (tertiary alicyclic amines) is 2. The summed E-state index contributed by atoms with van der Waals surface area (Å²) in [5.41, 5.74) is 5.23. The molecular formula is C40H41N7O5. The molecule has 0 bridgehead atoms. The van der Waals surface area contributed by atoms with Crippen LogP contribution in [0.4, 0.5) is 4.79 Å². The second kappa shape index (κ2) is 13.4. The number of aromatic nitrogens is 4. The maximum absolute atomic E-state index is 13.9. The van der Waals surface area contributed by atoms with E-state index in [1.54, 1.807) is 46.5 Å². The van der Waals surface area contributed by atoms with Crippen LogP contribution < -0.4 is 0 Å². The van der Waals surface area contributed by atoms with Gasteiger partial charge in [-0.25, -0.2) is 14.8 Å². The van der Waals surface area contributed by atoms with Gasteiger partial charge in [0.1, 0.15) is 23.3 Å². The first-order valence-corrected chi connectivity index (χ1v) is 17.9. The van der Waals surface area contributed by atoms with Crippen molar-refractivity contribution in [3.05, 3.63) is 108 Å². The minimum absolute atomic E-state index is 0.146. The maximum atomic E-state index is 13.9. The van der Waals surface area contributed by atoms with Gasteiger partial charge >= 0.3 is 6.09 Å². The van der Waals surface area contributed by atoms with E-state index in [4.69, 9.17) is 0 Å². The van der Waals surface area contributed by atoms with Crippen molar-refractivity contribution in [1.82, 2.24) is 34.6 Å². The monoisotopic (exact) mass is 699 g/mol. The molecule has 1 saturated carbocycles. The third kappa shape index (κ3) is 6.23. The van der Waals surface area contributed by atoms with Crippen molar-refractivity contribution in [3.63, 3.8) is 0 Å². The van der Waals surface area contributed by atoms with Gasteiger partial charge in [-0.3, -0.25) is 14.5 Å². The lowest BCUT2D eigenvalue weighted by atomic mass is 10.0. The van der Waals surface area contributed by atoms with E-state index in [1.807, 2.05) is 18.2 Å². The first kappa shape index (κ1) is 33.4. The van der Waals surface area contributed by atoms with Crippen LogP contribution in [-0.4, -0.2) is 88.5 Å². The van der Waals surface area contributed by atoms with Gasteiger partial charge in [-0.05, 0) is 66.3 Å². The van der Waals surface area contributed by atoms with Gasteiger partial charge < -0.3 is 30.0 Å². The highest BCUT2D eigenvalue weighted by Gasteiger charge is 2.52. The Bertz CT molecular complexity index is 2090. The van der Waals surface area contributed by atoms with Crippen LogP contribution in [0.5, 0.6) is 0 Å². The Morgan fingerprint density at radius 2 is 1.23 bits per heavy atom. The standard InChI is InChI=1S/C40H41N7O5/c1-45(39(50)51)34(29-7-3-2-4-8-29)37(48)46-21-5-9-32(46)35-41-23-30(43-35)27-15-11-25(12-16-27)26-13-17-28(18-14-26)31-24-42-36(44-31)33-10-6-22-47(33)38(49)40(52)19-20-40/h2-4,7-8,11-18,23-24,32-34,52H,5-6,9-10,19-22H2,1H3,(H,41,43)(H,42,44)(H,50,51)/t32-,33-,34+/m0/s1. The number of nitrogens with one attached hydrogen (secondary N) is 2. The van der Waals surface area contributed by atoms with E-state index in [0.29, 0.717) is 37.3 Å². The summed E-state index contributed by atoms with van der Waals surface area (Å²) in [7, 11) is 1.43. The molecule has 3 atom stereocenters.